The van der Waals surface area contributed by atoms with Gasteiger partial charge in [0.2, 0.25) is 5.91 Å². The Morgan fingerprint density at radius 1 is 0.582 bits per heavy atom. The Bertz CT molecular complexity index is 1270. The average Bonchev–Trinajstić information content (AvgIpc) is 3.32. The summed E-state index contributed by atoms with van der Waals surface area (Å²) >= 11 is 0. The van der Waals surface area contributed by atoms with Gasteiger partial charge in [-0.05, 0) is 70.6 Å². The van der Waals surface area contributed by atoms with Crippen molar-refractivity contribution >= 4 is 11.9 Å². The van der Waals surface area contributed by atoms with Gasteiger partial charge in [-0.3, -0.25) is 9.59 Å². The molecular formula is C56H101NO10. The van der Waals surface area contributed by atoms with Crippen LogP contribution in [0.4, 0.5) is 0 Å². The number of aliphatic hydroxyl groups is 5. The molecule has 1 saturated heterocycles. The molecule has 0 saturated carbocycles. The molecule has 1 aliphatic rings. The predicted molar refractivity (Wildman–Crippen MR) is 273 cm³/mol. The highest BCUT2D eigenvalue weighted by Gasteiger charge is 2.47. The number of allylic oxidation sites excluding steroid dienone is 7. The van der Waals surface area contributed by atoms with Gasteiger partial charge >= 0.3 is 5.97 Å². The van der Waals surface area contributed by atoms with Gasteiger partial charge in [-0.15, -0.1) is 0 Å². The fourth-order valence-corrected chi connectivity index (χ4v) is 8.29. The summed E-state index contributed by atoms with van der Waals surface area (Å²) in [6.45, 7) is 5.70. The summed E-state index contributed by atoms with van der Waals surface area (Å²) in [5.41, 5.74) is 0. The molecule has 1 fully saturated rings. The summed E-state index contributed by atoms with van der Waals surface area (Å²) in [7, 11) is 0. The molecule has 1 aliphatic heterocycles. The van der Waals surface area contributed by atoms with Crippen LogP contribution in [-0.4, -0.2) is 99.6 Å². The van der Waals surface area contributed by atoms with Crippen LogP contribution in [0.25, 0.3) is 0 Å². The second kappa shape index (κ2) is 44.8. The third-order valence-electron chi connectivity index (χ3n) is 12.7. The molecule has 8 unspecified atom stereocenters. The standard InChI is InChI=1S/C56H101NO10/c1-4-7-10-13-16-19-22-24-26-28-31-34-37-40-43-49(60)55(64)57-47(48(59)42-39-36-33-30-27-21-18-15-12-9-6-3)46-65-56-54(53(63)52(62)50(45-58)66-56)67-51(61)44-41-38-35-32-29-25-23-20-17-14-11-8-5-2/h19,22,25,29,35,38-39,42,47-50,52-54,56,58-60,62-63H,4-18,20-21,23-24,26-28,30-34,36-37,40-41,43-46H2,1-3H3,(H,57,64)/b22-19-,29-25-,38-35+,42-39+. The number of aliphatic hydroxyl groups excluding tert-OH is 5. The van der Waals surface area contributed by atoms with Crippen LogP contribution in [-0.2, 0) is 23.8 Å². The zero-order valence-corrected chi connectivity index (χ0v) is 42.8. The Morgan fingerprint density at radius 3 is 1.55 bits per heavy atom. The number of hydrogen-bond donors (Lipinski definition) is 6. The van der Waals surface area contributed by atoms with Gasteiger partial charge in [0, 0.05) is 6.42 Å². The van der Waals surface area contributed by atoms with Crippen molar-refractivity contribution in [1.29, 1.82) is 0 Å². The van der Waals surface area contributed by atoms with Crippen LogP contribution in [0.3, 0.4) is 0 Å². The van der Waals surface area contributed by atoms with E-state index in [2.05, 4.69) is 50.4 Å². The van der Waals surface area contributed by atoms with Gasteiger partial charge in [-0.1, -0.05) is 204 Å². The van der Waals surface area contributed by atoms with Crippen LogP contribution in [0, 0.1) is 0 Å². The molecule has 0 aromatic heterocycles. The Kier molecular flexibility index (Phi) is 41.9. The zero-order chi connectivity index (χ0) is 49.0. The molecule has 0 bridgehead atoms. The van der Waals surface area contributed by atoms with E-state index in [1.165, 1.54) is 122 Å². The number of amides is 1. The summed E-state index contributed by atoms with van der Waals surface area (Å²) in [6.07, 6.45) is 41.7. The van der Waals surface area contributed by atoms with Gasteiger partial charge in [0.1, 0.15) is 24.4 Å². The minimum Gasteiger partial charge on any atom is -0.454 e. The van der Waals surface area contributed by atoms with E-state index < -0.39 is 67.4 Å². The SMILES string of the molecule is CCCCCC/C=C\CCCCCCCCC(O)C(=O)NC(COC1OC(CO)C(O)C(O)C1OC(=O)CC/C=C/C/C=C\CCCCCCCC)C(O)/C=C/CCCCCCCCCCC. The van der Waals surface area contributed by atoms with Gasteiger partial charge in [-0.2, -0.15) is 0 Å². The lowest BCUT2D eigenvalue weighted by Gasteiger charge is -2.41. The number of nitrogens with one attached hydrogen (secondary N) is 1. The first-order valence-electron chi connectivity index (χ1n) is 27.4. The maximum absolute atomic E-state index is 13.3. The highest BCUT2D eigenvalue weighted by Crippen LogP contribution is 2.26. The number of rotatable bonds is 45. The van der Waals surface area contributed by atoms with Crippen molar-refractivity contribution in [3.63, 3.8) is 0 Å². The van der Waals surface area contributed by atoms with Crippen molar-refractivity contribution in [2.45, 2.75) is 282 Å². The number of hydrogen-bond acceptors (Lipinski definition) is 10. The van der Waals surface area contributed by atoms with E-state index in [1.807, 2.05) is 18.2 Å². The van der Waals surface area contributed by atoms with E-state index >= 15 is 0 Å². The van der Waals surface area contributed by atoms with E-state index in [1.54, 1.807) is 6.08 Å². The van der Waals surface area contributed by atoms with E-state index in [4.69, 9.17) is 14.2 Å². The third-order valence-corrected chi connectivity index (χ3v) is 12.7. The van der Waals surface area contributed by atoms with Crippen LogP contribution in [0.5, 0.6) is 0 Å². The molecule has 0 aromatic carbocycles. The van der Waals surface area contributed by atoms with E-state index in [0.29, 0.717) is 12.8 Å². The summed E-state index contributed by atoms with van der Waals surface area (Å²) < 4.78 is 17.4. The van der Waals surface area contributed by atoms with Crippen LogP contribution in [0.15, 0.2) is 48.6 Å². The quantitative estimate of drug-likeness (QED) is 0.0196. The fraction of sp³-hybridized carbons (Fsp3) is 0.821. The highest BCUT2D eigenvalue weighted by molar-refractivity contribution is 5.80. The molecule has 8 atom stereocenters. The van der Waals surface area contributed by atoms with E-state index in [0.717, 1.165) is 64.2 Å². The minimum absolute atomic E-state index is 0.0172. The van der Waals surface area contributed by atoms with Gasteiger partial charge < -0.3 is 45.1 Å². The summed E-state index contributed by atoms with van der Waals surface area (Å²) in [6, 6.07) is -1.03. The lowest BCUT2D eigenvalue weighted by atomic mass is 9.99. The molecule has 11 nitrogen and oxygen atoms in total. The summed E-state index contributed by atoms with van der Waals surface area (Å²) in [5, 5.41) is 56.6. The Hall–Kier alpha value is -2.38. The van der Waals surface area contributed by atoms with Crippen molar-refractivity contribution in [2.24, 2.45) is 0 Å². The molecule has 11 heteroatoms. The minimum atomic E-state index is -1.63. The lowest BCUT2D eigenvalue weighted by Crippen LogP contribution is -2.61. The molecule has 0 aromatic rings. The number of esters is 1. The smallest absolute Gasteiger partial charge is 0.306 e. The molecule has 1 amide bonds. The van der Waals surface area contributed by atoms with Crippen LogP contribution >= 0.6 is 0 Å². The maximum Gasteiger partial charge on any atom is 0.306 e. The molecule has 0 spiro atoms. The third kappa shape index (κ3) is 33.7. The van der Waals surface area contributed by atoms with Crippen molar-refractivity contribution in [3.05, 3.63) is 48.6 Å². The lowest BCUT2D eigenvalue weighted by molar-refractivity contribution is -0.305. The van der Waals surface area contributed by atoms with Crippen molar-refractivity contribution < 1.29 is 49.3 Å². The van der Waals surface area contributed by atoms with E-state index in [9.17, 15) is 35.1 Å². The molecular weight excluding hydrogens is 847 g/mol. The Labute approximate surface area is 408 Å². The number of carbonyl (C=O) groups excluding carboxylic acids is 2. The first-order valence-corrected chi connectivity index (χ1v) is 27.4. The summed E-state index contributed by atoms with van der Waals surface area (Å²) in [5.74, 6) is -1.27. The second-order valence-electron chi connectivity index (χ2n) is 19.0. The van der Waals surface area contributed by atoms with E-state index in [-0.39, 0.29) is 19.4 Å². The fourth-order valence-electron chi connectivity index (χ4n) is 8.29. The molecule has 390 valence electrons. The normalized spacial score (nSPS) is 20.4. The van der Waals surface area contributed by atoms with Gasteiger partial charge in [0.05, 0.1) is 25.4 Å². The maximum atomic E-state index is 13.3. The molecule has 1 rings (SSSR count). The average molecular weight is 948 g/mol. The Morgan fingerprint density at radius 2 is 1.03 bits per heavy atom. The number of carbonyl (C=O) groups is 2. The molecule has 0 radical (unpaired) electrons. The zero-order valence-electron chi connectivity index (χ0n) is 42.8. The molecule has 1 heterocycles. The second-order valence-corrected chi connectivity index (χ2v) is 19.0. The first kappa shape index (κ1) is 62.6. The molecule has 6 N–H and O–H groups in total. The highest BCUT2D eigenvalue weighted by atomic mass is 16.7. The van der Waals surface area contributed by atoms with Crippen molar-refractivity contribution in [3.8, 4) is 0 Å². The van der Waals surface area contributed by atoms with Gasteiger partial charge in [-0.25, -0.2) is 0 Å². The van der Waals surface area contributed by atoms with Crippen molar-refractivity contribution in [2.75, 3.05) is 13.2 Å². The number of unbranched alkanes of at least 4 members (excludes halogenated alkanes) is 25. The monoisotopic (exact) mass is 948 g/mol. The summed E-state index contributed by atoms with van der Waals surface area (Å²) in [4.78, 5) is 26.3. The Balaban J connectivity index is 2.79. The van der Waals surface area contributed by atoms with Gasteiger partial charge in [0.15, 0.2) is 12.4 Å². The largest absolute Gasteiger partial charge is 0.454 e. The van der Waals surface area contributed by atoms with Crippen LogP contribution in [0.1, 0.15) is 233 Å². The first-order chi connectivity index (χ1) is 32.7. The van der Waals surface area contributed by atoms with Crippen LogP contribution < -0.4 is 5.32 Å². The number of ether oxygens (including phenoxy) is 3. The topological polar surface area (TPSA) is 175 Å². The van der Waals surface area contributed by atoms with Crippen LogP contribution in [0.2, 0.25) is 0 Å². The molecule has 0 aliphatic carbocycles. The molecule has 67 heavy (non-hydrogen) atoms. The predicted octanol–water partition coefficient (Wildman–Crippen LogP) is 11.7. The van der Waals surface area contributed by atoms with Crippen molar-refractivity contribution in [1.82, 2.24) is 5.32 Å². The van der Waals surface area contributed by atoms with Gasteiger partial charge in [0.25, 0.3) is 0 Å².